The first kappa shape index (κ1) is 15.2. The molecule has 6 heteroatoms. The number of hydrogen-bond acceptors (Lipinski definition) is 3. The number of carbonyl (C=O) groups is 1. The molecule has 1 aliphatic carbocycles. The molecule has 0 bridgehead atoms. The van der Waals surface area contributed by atoms with E-state index in [2.05, 4.69) is 22.5 Å². The van der Waals surface area contributed by atoms with Crippen LogP contribution in [0, 0.1) is 0 Å². The van der Waals surface area contributed by atoms with Crippen molar-refractivity contribution in [2.24, 2.45) is 7.05 Å². The molecule has 0 saturated heterocycles. The summed E-state index contributed by atoms with van der Waals surface area (Å²) in [5.41, 5.74) is 0. The monoisotopic (exact) mass is 296 g/mol. The number of hydrogen-bond donors (Lipinski definition) is 2. The third-order valence-electron chi connectivity index (χ3n) is 3.73. The van der Waals surface area contributed by atoms with Gasteiger partial charge in [-0.1, -0.05) is 19.8 Å². The number of imidazole rings is 1. The fourth-order valence-electron chi connectivity index (χ4n) is 2.62. The fourth-order valence-corrected chi connectivity index (χ4v) is 3.82. The lowest BCUT2D eigenvalue weighted by atomic mass is 9.95. The van der Waals surface area contributed by atoms with Crippen molar-refractivity contribution < 1.29 is 4.79 Å². The van der Waals surface area contributed by atoms with Gasteiger partial charge in [-0.2, -0.15) is 11.8 Å². The molecule has 5 nitrogen and oxygen atoms in total. The zero-order valence-corrected chi connectivity index (χ0v) is 13.1. The second kappa shape index (κ2) is 7.57. The van der Waals surface area contributed by atoms with Crippen LogP contribution >= 0.6 is 11.8 Å². The highest BCUT2D eigenvalue weighted by Gasteiger charge is 2.26. The number of aryl methyl sites for hydroxylation is 1. The molecule has 20 heavy (non-hydrogen) atoms. The van der Waals surface area contributed by atoms with E-state index in [0.29, 0.717) is 17.8 Å². The van der Waals surface area contributed by atoms with Gasteiger partial charge in [0.15, 0.2) is 0 Å². The second-order valence-electron chi connectivity index (χ2n) is 5.17. The molecule has 2 unspecified atom stereocenters. The van der Waals surface area contributed by atoms with Crippen LogP contribution in [0.25, 0.3) is 0 Å². The van der Waals surface area contributed by atoms with Gasteiger partial charge in [-0.3, -0.25) is 0 Å². The van der Waals surface area contributed by atoms with Crippen LogP contribution in [0.4, 0.5) is 4.79 Å². The molecule has 2 rings (SSSR count). The minimum Gasteiger partial charge on any atom is -0.337 e. The molecule has 0 spiro atoms. The molecule has 2 amide bonds. The first-order valence-electron chi connectivity index (χ1n) is 7.33. The minimum atomic E-state index is -0.0818. The summed E-state index contributed by atoms with van der Waals surface area (Å²) >= 11 is 1.96. The maximum atomic E-state index is 12.0. The van der Waals surface area contributed by atoms with Crippen LogP contribution in [0.2, 0.25) is 0 Å². The number of aromatic nitrogens is 2. The molecule has 1 aliphatic rings. The highest BCUT2D eigenvalue weighted by atomic mass is 32.2. The van der Waals surface area contributed by atoms with Crippen molar-refractivity contribution in [3.8, 4) is 0 Å². The van der Waals surface area contributed by atoms with Crippen molar-refractivity contribution in [2.75, 3.05) is 5.75 Å². The van der Waals surface area contributed by atoms with Crippen LogP contribution in [0.1, 0.15) is 38.4 Å². The van der Waals surface area contributed by atoms with E-state index in [0.717, 1.165) is 18.0 Å². The Balaban J connectivity index is 1.79. The maximum absolute atomic E-state index is 12.0. The molecule has 1 saturated carbocycles. The molecule has 2 N–H and O–H groups in total. The van der Waals surface area contributed by atoms with Gasteiger partial charge in [0.2, 0.25) is 0 Å². The molecule has 0 radical (unpaired) electrons. The molecule has 112 valence electrons. The Morgan fingerprint density at radius 2 is 2.30 bits per heavy atom. The van der Waals surface area contributed by atoms with Gasteiger partial charge in [0.1, 0.15) is 5.82 Å². The highest BCUT2D eigenvalue weighted by molar-refractivity contribution is 7.99. The van der Waals surface area contributed by atoms with Crippen molar-refractivity contribution in [3.63, 3.8) is 0 Å². The van der Waals surface area contributed by atoms with Crippen molar-refractivity contribution in [3.05, 3.63) is 18.2 Å². The molecular weight excluding hydrogens is 272 g/mol. The number of nitrogens with zero attached hydrogens (tertiary/aromatic N) is 2. The van der Waals surface area contributed by atoms with Crippen molar-refractivity contribution >= 4 is 17.8 Å². The van der Waals surface area contributed by atoms with Crippen LogP contribution in [-0.4, -0.2) is 32.6 Å². The first-order chi connectivity index (χ1) is 9.70. The second-order valence-corrected chi connectivity index (χ2v) is 6.68. The summed E-state index contributed by atoms with van der Waals surface area (Å²) in [5.74, 6) is 1.97. The Bertz CT molecular complexity index is 433. The van der Waals surface area contributed by atoms with Gasteiger partial charge in [0, 0.05) is 30.7 Å². The molecular formula is C14H24N4OS. The average Bonchev–Trinajstić information content (AvgIpc) is 2.84. The lowest BCUT2D eigenvalue weighted by Crippen LogP contribution is -2.48. The molecule has 1 fully saturated rings. The van der Waals surface area contributed by atoms with Crippen molar-refractivity contribution in [1.82, 2.24) is 20.2 Å². The summed E-state index contributed by atoms with van der Waals surface area (Å²) in [4.78, 5) is 16.2. The average molecular weight is 296 g/mol. The van der Waals surface area contributed by atoms with Gasteiger partial charge in [-0.05, 0) is 18.6 Å². The topological polar surface area (TPSA) is 59.0 Å². The van der Waals surface area contributed by atoms with E-state index in [1.165, 1.54) is 19.3 Å². The summed E-state index contributed by atoms with van der Waals surface area (Å²) < 4.78 is 1.91. The Hall–Kier alpha value is -1.17. The van der Waals surface area contributed by atoms with E-state index in [1.54, 1.807) is 6.20 Å². The van der Waals surface area contributed by atoms with E-state index in [1.807, 2.05) is 29.6 Å². The molecule has 1 aromatic heterocycles. The quantitative estimate of drug-likeness (QED) is 0.876. The first-order valence-corrected chi connectivity index (χ1v) is 8.37. The van der Waals surface area contributed by atoms with E-state index in [4.69, 9.17) is 0 Å². The summed E-state index contributed by atoms with van der Waals surface area (Å²) in [6, 6.07) is 0.219. The SMILES string of the molecule is CCSC1CCCCC1NC(=O)NCc1nccn1C. The summed E-state index contributed by atoms with van der Waals surface area (Å²) in [6.45, 7) is 2.64. The van der Waals surface area contributed by atoms with Crippen LogP contribution in [0.5, 0.6) is 0 Å². The lowest BCUT2D eigenvalue weighted by molar-refractivity contribution is 0.232. The molecule has 0 aliphatic heterocycles. The normalized spacial score (nSPS) is 22.5. The Morgan fingerprint density at radius 3 is 3.00 bits per heavy atom. The summed E-state index contributed by atoms with van der Waals surface area (Å²) in [5, 5.41) is 6.58. The smallest absolute Gasteiger partial charge is 0.315 e. The van der Waals surface area contributed by atoms with Crippen molar-refractivity contribution in [1.29, 1.82) is 0 Å². The number of carbonyl (C=O) groups excluding carboxylic acids is 1. The van der Waals surface area contributed by atoms with Gasteiger partial charge < -0.3 is 15.2 Å². The predicted octanol–water partition coefficient (Wildman–Crippen LogP) is 2.28. The maximum Gasteiger partial charge on any atom is 0.315 e. The van der Waals surface area contributed by atoms with E-state index in [9.17, 15) is 4.79 Å². The molecule has 1 heterocycles. The van der Waals surface area contributed by atoms with E-state index in [-0.39, 0.29) is 6.03 Å². The van der Waals surface area contributed by atoms with Gasteiger partial charge >= 0.3 is 6.03 Å². The molecule has 2 atom stereocenters. The van der Waals surface area contributed by atoms with Crippen LogP contribution in [0.3, 0.4) is 0 Å². The molecule has 1 aromatic rings. The Labute approximate surface area is 124 Å². The summed E-state index contributed by atoms with van der Waals surface area (Å²) in [6.07, 6.45) is 8.42. The van der Waals surface area contributed by atoms with E-state index < -0.39 is 0 Å². The number of urea groups is 1. The number of thioether (sulfide) groups is 1. The summed E-state index contributed by atoms with van der Waals surface area (Å²) in [7, 11) is 1.93. The third-order valence-corrected chi connectivity index (χ3v) is 5.05. The Morgan fingerprint density at radius 1 is 1.50 bits per heavy atom. The van der Waals surface area contributed by atoms with Crippen LogP contribution < -0.4 is 10.6 Å². The third kappa shape index (κ3) is 4.16. The zero-order valence-electron chi connectivity index (χ0n) is 12.3. The fraction of sp³-hybridized carbons (Fsp3) is 0.714. The van der Waals surface area contributed by atoms with Crippen LogP contribution in [0.15, 0.2) is 12.4 Å². The van der Waals surface area contributed by atoms with Gasteiger partial charge in [-0.15, -0.1) is 0 Å². The van der Waals surface area contributed by atoms with Gasteiger partial charge in [0.25, 0.3) is 0 Å². The predicted molar refractivity (Wildman–Crippen MR) is 82.8 cm³/mol. The zero-order chi connectivity index (χ0) is 14.4. The van der Waals surface area contributed by atoms with Crippen molar-refractivity contribution in [2.45, 2.75) is 50.4 Å². The van der Waals surface area contributed by atoms with Gasteiger partial charge in [0.05, 0.1) is 6.54 Å². The highest BCUT2D eigenvalue weighted by Crippen LogP contribution is 2.28. The standard InChI is InChI=1S/C14H24N4OS/c1-3-20-12-7-5-4-6-11(12)17-14(19)16-10-13-15-8-9-18(13)2/h8-9,11-12H,3-7,10H2,1-2H3,(H2,16,17,19). The molecule has 0 aromatic carbocycles. The number of rotatable bonds is 5. The van der Waals surface area contributed by atoms with Crippen LogP contribution in [-0.2, 0) is 13.6 Å². The largest absolute Gasteiger partial charge is 0.337 e. The lowest BCUT2D eigenvalue weighted by Gasteiger charge is -2.31. The van der Waals surface area contributed by atoms with Gasteiger partial charge in [-0.25, -0.2) is 9.78 Å². The minimum absolute atomic E-state index is 0.0818. The number of nitrogens with one attached hydrogen (secondary N) is 2. The Kier molecular flexibility index (Phi) is 5.76. The number of amides is 2. The van der Waals surface area contributed by atoms with E-state index >= 15 is 0 Å².